The standard InChI is InChI=1S/C19H20N2O5S/c1-11-8-19(15(22)25-11)10-18(2,26-16(19)23)14-9-27-17(21-14)20-12-6-4-5-7-13(12)24-3/h4-7,9,11H,8,10H2,1-3H3,(H,20,21)/t11-,18+,19-/m1/s1. The van der Waals surface area contributed by atoms with Gasteiger partial charge in [-0.25, -0.2) is 4.98 Å². The Labute approximate surface area is 160 Å². The maximum Gasteiger partial charge on any atom is 0.324 e. The minimum atomic E-state index is -1.21. The van der Waals surface area contributed by atoms with Gasteiger partial charge in [-0.3, -0.25) is 9.59 Å². The van der Waals surface area contributed by atoms with Gasteiger partial charge in [-0.05, 0) is 26.0 Å². The molecule has 27 heavy (non-hydrogen) atoms. The number of cyclic esters (lactones) is 2. The van der Waals surface area contributed by atoms with Crippen LogP contribution in [0.2, 0.25) is 0 Å². The molecule has 2 aliphatic heterocycles. The lowest BCUT2D eigenvalue weighted by molar-refractivity contribution is -0.160. The van der Waals surface area contributed by atoms with E-state index in [0.717, 1.165) is 5.69 Å². The number of methoxy groups -OCH3 is 1. The fraction of sp³-hybridized carbons (Fsp3) is 0.421. The zero-order chi connectivity index (χ0) is 19.2. The predicted octanol–water partition coefficient (Wildman–Crippen LogP) is 3.38. The minimum absolute atomic E-state index is 0.236. The van der Waals surface area contributed by atoms with Gasteiger partial charge in [0.1, 0.15) is 11.9 Å². The van der Waals surface area contributed by atoms with Crippen molar-refractivity contribution in [2.45, 2.75) is 38.4 Å². The third kappa shape index (κ3) is 2.84. The second-order valence-electron chi connectivity index (χ2n) is 7.16. The third-order valence-corrected chi connectivity index (χ3v) is 5.83. The molecule has 7 nitrogen and oxygen atoms in total. The first-order valence-corrected chi connectivity index (χ1v) is 9.55. The van der Waals surface area contributed by atoms with Gasteiger partial charge in [0.05, 0.1) is 18.5 Å². The summed E-state index contributed by atoms with van der Waals surface area (Å²) in [5.41, 5.74) is -0.771. The Balaban J connectivity index is 1.58. The van der Waals surface area contributed by atoms with Gasteiger partial charge < -0.3 is 19.5 Å². The zero-order valence-electron chi connectivity index (χ0n) is 15.3. The first-order chi connectivity index (χ1) is 12.9. The van der Waals surface area contributed by atoms with Crippen LogP contribution in [0.5, 0.6) is 5.75 Å². The highest BCUT2D eigenvalue weighted by atomic mass is 32.1. The van der Waals surface area contributed by atoms with E-state index in [9.17, 15) is 9.59 Å². The van der Waals surface area contributed by atoms with E-state index in [1.165, 1.54) is 11.3 Å². The summed E-state index contributed by atoms with van der Waals surface area (Å²) in [6.45, 7) is 3.57. The Morgan fingerprint density at radius 2 is 2.07 bits per heavy atom. The molecule has 2 aliphatic rings. The Morgan fingerprint density at radius 1 is 1.30 bits per heavy atom. The molecule has 0 saturated carbocycles. The third-order valence-electron chi connectivity index (χ3n) is 5.08. The molecule has 0 amide bonds. The van der Waals surface area contributed by atoms with Crippen molar-refractivity contribution in [3.63, 3.8) is 0 Å². The summed E-state index contributed by atoms with van der Waals surface area (Å²) in [6, 6.07) is 7.53. The molecule has 3 atom stereocenters. The van der Waals surface area contributed by atoms with Gasteiger partial charge in [0.2, 0.25) is 0 Å². The van der Waals surface area contributed by atoms with E-state index >= 15 is 0 Å². The summed E-state index contributed by atoms with van der Waals surface area (Å²) in [6.07, 6.45) is 0.293. The van der Waals surface area contributed by atoms with Crippen LogP contribution >= 0.6 is 11.3 Å². The SMILES string of the molecule is COc1ccccc1Nc1nc([C@]2(C)C[C@@]3(C[C@@H](C)OC3=O)C(=O)O2)cs1. The number of benzene rings is 1. The van der Waals surface area contributed by atoms with Crippen LogP contribution in [0.3, 0.4) is 0 Å². The topological polar surface area (TPSA) is 86.8 Å². The number of rotatable bonds is 4. The van der Waals surface area contributed by atoms with E-state index in [-0.39, 0.29) is 12.5 Å². The Morgan fingerprint density at radius 3 is 2.78 bits per heavy atom. The van der Waals surface area contributed by atoms with Crippen LogP contribution in [0.4, 0.5) is 10.8 Å². The minimum Gasteiger partial charge on any atom is -0.495 e. The molecule has 1 N–H and O–H groups in total. The summed E-state index contributed by atoms with van der Waals surface area (Å²) in [5.74, 6) is -0.313. The lowest BCUT2D eigenvalue weighted by atomic mass is 9.78. The highest BCUT2D eigenvalue weighted by Gasteiger charge is 2.65. The molecule has 0 radical (unpaired) electrons. The van der Waals surface area contributed by atoms with Crippen molar-refractivity contribution in [3.8, 4) is 5.75 Å². The average molecular weight is 388 g/mol. The van der Waals surface area contributed by atoms with Crippen molar-refractivity contribution >= 4 is 34.1 Å². The number of hydrogen-bond acceptors (Lipinski definition) is 8. The molecular formula is C19H20N2O5S. The maximum absolute atomic E-state index is 12.5. The largest absolute Gasteiger partial charge is 0.495 e. The molecule has 0 bridgehead atoms. The van der Waals surface area contributed by atoms with Crippen LogP contribution in [0.1, 0.15) is 32.4 Å². The Bertz CT molecular complexity index is 913. The number of nitrogens with one attached hydrogen (secondary N) is 1. The highest BCUT2D eigenvalue weighted by Crippen LogP contribution is 2.52. The monoisotopic (exact) mass is 388 g/mol. The summed E-state index contributed by atoms with van der Waals surface area (Å²) in [4.78, 5) is 29.4. The number of anilines is 2. The first kappa shape index (κ1) is 17.8. The molecule has 1 spiro atoms. The summed E-state index contributed by atoms with van der Waals surface area (Å²) >= 11 is 1.40. The number of carbonyl (C=O) groups excluding carboxylic acids is 2. The van der Waals surface area contributed by atoms with E-state index in [2.05, 4.69) is 10.3 Å². The second kappa shape index (κ2) is 6.23. The van der Waals surface area contributed by atoms with E-state index in [1.807, 2.05) is 29.6 Å². The second-order valence-corrected chi connectivity index (χ2v) is 8.02. The summed E-state index contributed by atoms with van der Waals surface area (Å²) in [7, 11) is 1.61. The predicted molar refractivity (Wildman–Crippen MR) is 99.1 cm³/mol. The molecule has 0 unspecified atom stereocenters. The van der Waals surface area contributed by atoms with Gasteiger partial charge in [0.25, 0.3) is 0 Å². The molecule has 1 aromatic heterocycles. The number of esters is 2. The van der Waals surface area contributed by atoms with Crippen LogP contribution in [0.15, 0.2) is 29.6 Å². The molecule has 2 saturated heterocycles. The van der Waals surface area contributed by atoms with Gasteiger partial charge >= 0.3 is 11.9 Å². The van der Waals surface area contributed by atoms with Crippen LogP contribution in [-0.2, 0) is 24.7 Å². The molecule has 2 aromatic rings. The Hall–Kier alpha value is -2.61. The van der Waals surface area contributed by atoms with E-state index < -0.39 is 23.0 Å². The van der Waals surface area contributed by atoms with Crippen molar-refractivity contribution in [1.29, 1.82) is 0 Å². The maximum atomic E-state index is 12.5. The van der Waals surface area contributed by atoms with Gasteiger partial charge in [-0.2, -0.15) is 0 Å². The quantitative estimate of drug-likeness (QED) is 0.635. The molecule has 3 heterocycles. The van der Waals surface area contributed by atoms with Gasteiger partial charge in [-0.1, -0.05) is 12.1 Å². The number of carbonyl (C=O) groups is 2. The Kier molecular flexibility index (Phi) is 4.10. The molecule has 0 aliphatic carbocycles. The van der Waals surface area contributed by atoms with E-state index in [4.69, 9.17) is 14.2 Å². The zero-order valence-corrected chi connectivity index (χ0v) is 16.1. The first-order valence-electron chi connectivity index (χ1n) is 8.67. The van der Waals surface area contributed by atoms with Crippen molar-refractivity contribution in [2.24, 2.45) is 5.41 Å². The fourth-order valence-electron chi connectivity index (χ4n) is 3.79. The lowest BCUT2D eigenvalue weighted by Gasteiger charge is -2.20. The van der Waals surface area contributed by atoms with Crippen LogP contribution in [0, 0.1) is 5.41 Å². The molecule has 142 valence electrons. The number of aromatic nitrogens is 1. The van der Waals surface area contributed by atoms with Crippen molar-refractivity contribution in [1.82, 2.24) is 4.98 Å². The average Bonchev–Trinajstić information content (AvgIpc) is 3.27. The van der Waals surface area contributed by atoms with Gasteiger partial charge in [-0.15, -0.1) is 11.3 Å². The highest BCUT2D eigenvalue weighted by molar-refractivity contribution is 7.13. The van der Waals surface area contributed by atoms with Crippen LogP contribution < -0.4 is 10.1 Å². The summed E-state index contributed by atoms with van der Waals surface area (Å²) in [5, 5.41) is 5.71. The number of para-hydroxylation sites is 2. The van der Waals surface area contributed by atoms with Crippen molar-refractivity contribution < 1.29 is 23.8 Å². The van der Waals surface area contributed by atoms with E-state index in [1.54, 1.807) is 21.0 Å². The van der Waals surface area contributed by atoms with Crippen molar-refractivity contribution in [3.05, 3.63) is 35.3 Å². The van der Waals surface area contributed by atoms with E-state index in [0.29, 0.717) is 23.0 Å². The normalized spacial score (nSPS) is 29.7. The van der Waals surface area contributed by atoms with Crippen LogP contribution in [-0.4, -0.2) is 30.1 Å². The van der Waals surface area contributed by atoms with Gasteiger partial charge in [0.15, 0.2) is 16.1 Å². The molecule has 4 rings (SSSR count). The number of ether oxygens (including phenoxy) is 3. The molecule has 1 aromatic carbocycles. The molecule has 8 heteroatoms. The molecular weight excluding hydrogens is 368 g/mol. The van der Waals surface area contributed by atoms with Crippen molar-refractivity contribution in [2.75, 3.05) is 12.4 Å². The number of thiazole rings is 1. The van der Waals surface area contributed by atoms with Gasteiger partial charge in [0, 0.05) is 18.2 Å². The van der Waals surface area contributed by atoms with Crippen LogP contribution in [0.25, 0.3) is 0 Å². The smallest absolute Gasteiger partial charge is 0.324 e. The molecule has 2 fully saturated rings. The number of nitrogens with zero attached hydrogens (tertiary/aromatic N) is 1. The summed E-state index contributed by atoms with van der Waals surface area (Å²) < 4.78 is 16.2. The fourth-order valence-corrected chi connectivity index (χ4v) is 4.63. The number of hydrogen-bond donors (Lipinski definition) is 1. The lowest BCUT2D eigenvalue weighted by Crippen LogP contribution is -2.31.